The van der Waals surface area contributed by atoms with E-state index in [1.54, 1.807) is 11.2 Å². The van der Waals surface area contributed by atoms with Crippen LogP contribution in [-0.4, -0.2) is 29.2 Å². The normalized spacial score (nSPS) is 15.2. The first-order chi connectivity index (χ1) is 12.6. The number of aromatic nitrogens is 2. The highest BCUT2D eigenvalue weighted by Crippen LogP contribution is 2.28. The smallest absolute Gasteiger partial charge is 0.414 e. The molecule has 1 aliphatic heterocycles. The van der Waals surface area contributed by atoms with Crippen LogP contribution < -0.4 is 10.2 Å². The summed E-state index contributed by atoms with van der Waals surface area (Å²) in [5.74, 6) is 0.773. The van der Waals surface area contributed by atoms with E-state index in [0.717, 1.165) is 32.4 Å². The lowest BCUT2D eigenvalue weighted by atomic mass is 10.1. The maximum atomic E-state index is 11.8. The van der Waals surface area contributed by atoms with Crippen LogP contribution in [0.4, 0.5) is 16.3 Å². The summed E-state index contributed by atoms with van der Waals surface area (Å²) >= 11 is 3.50. The lowest BCUT2D eigenvalue weighted by Gasteiger charge is -2.19. The second kappa shape index (κ2) is 6.92. The molecule has 0 aliphatic carbocycles. The molecule has 1 aliphatic rings. The fourth-order valence-electron chi connectivity index (χ4n) is 3.02. The molecule has 3 aromatic rings. The zero-order valence-corrected chi connectivity index (χ0v) is 15.7. The van der Waals surface area contributed by atoms with Gasteiger partial charge in [0.15, 0.2) is 0 Å². The van der Waals surface area contributed by atoms with Gasteiger partial charge in [-0.05, 0) is 42.8 Å². The van der Waals surface area contributed by atoms with Crippen LogP contribution in [0.5, 0.6) is 0 Å². The molecule has 132 valence electrons. The first-order valence-electron chi connectivity index (χ1n) is 8.33. The number of halogens is 1. The molecule has 2 aromatic carbocycles. The van der Waals surface area contributed by atoms with E-state index in [4.69, 9.17) is 4.74 Å². The monoisotopic (exact) mass is 412 g/mol. The number of hydrogen-bond donors (Lipinski definition) is 1. The predicted molar refractivity (Wildman–Crippen MR) is 104 cm³/mol. The Morgan fingerprint density at radius 2 is 2.12 bits per heavy atom. The van der Waals surface area contributed by atoms with Gasteiger partial charge in [-0.3, -0.25) is 4.90 Å². The van der Waals surface area contributed by atoms with Gasteiger partial charge in [0.2, 0.25) is 0 Å². The van der Waals surface area contributed by atoms with Gasteiger partial charge in [-0.15, -0.1) is 0 Å². The molecule has 1 N–H and O–H groups in total. The van der Waals surface area contributed by atoms with Gasteiger partial charge in [0.05, 0.1) is 18.1 Å². The van der Waals surface area contributed by atoms with Gasteiger partial charge in [-0.2, -0.15) is 0 Å². The summed E-state index contributed by atoms with van der Waals surface area (Å²) in [5, 5.41) is 4.40. The van der Waals surface area contributed by atoms with E-state index in [0.29, 0.717) is 13.2 Å². The number of hydrogen-bond acceptors (Lipinski definition) is 5. The number of rotatable bonds is 4. The molecule has 2 heterocycles. The standard InChI is InChI=1S/C19H17BrN4O2/c1-12(13-3-2-4-15(9-13)24-7-8-26-19(24)25)23-18-16-10-14(20)5-6-17(16)21-11-22-18/h2-6,9-12H,7-8H2,1H3,(H,21,22,23). The number of carbonyl (C=O) groups is 1. The number of nitrogens with zero attached hydrogens (tertiary/aromatic N) is 3. The van der Waals surface area contributed by atoms with Crippen molar-refractivity contribution in [3.8, 4) is 0 Å². The van der Waals surface area contributed by atoms with Gasteiger partial charge < -0.3 is 10.1 Å². The summed E-state index contributed by atoms with van der Waals surface area (Å²) in [7, 11) is 0. The van der Waals surface area contributed by atoms with Crippen molar-refractivity contribution in [1.29, 1.82) is 0 Å². The Morgan fingerprint density at radius 1 is 1.23 bits per heavy atom. The van der Waals surface area contributed by atoms with Crippen LogP contribution in [0.3, 0.4) is 0 Å². The van der Waals surface area contributed by atoms with Crippen LogP contribution in [0.15, 0.2) is 53.3 Å². The van der Waals surface area contributed by atoms with Crippen LogP contribution >= 0.6 is 15.9 Å². The number of anilines is 2. The Balaban J connectivity index is 1.62. The Bertz CT molecular complexity index is 979. The minimum atomic E-state index is -0.297. The van der Waals surface area contributed by atoms with E-state index >= 15 is 0 Å². The number of carbonyl (C=O) groups excluding carboxylic acids is 1. The van der Waals surface area contributed by atoms with Gasteiger partial charge >= 0.3 is 6.09 Å². The molecule has 1 fully saturated rings. The number of fused-ring (bicyclic) bond motifs is 1. The molecule has 0 saturated carbocycles. The molecule has 1 atom stereocenters. The van der Waals surface area contributed by atoms with E-state index in [9.17, 15) is 4.79 Å². The Kier molecular flexibility index (Phi) is 4.46. The van der Waals surface area contributed by atoms with Crippen molar-refractivity contribution >= 4 is 44.4 Å². The van der Waals surface area contributed by atoms with Crippen molar-refractivity contribution in [2.24, 2.45) is 0 Å². The third-order valence-corrected chi connectivity index (χ3v) is 4.89. The van der Waals surface area contributed by atoms with E-state index in [1.807, 2.05) is 42.5 Å². The van der Waals surface area contributed by atoms with Crippen molar-refractivity contribution in [2.75, 3.05) is 23.4 Å². The molecule has 7 heteroatoms. The van der Waals surface area contributed by atoms with Gasteiger partial charge in [-0.1, -0.05) is 28.1 Å². The lowest BCUT2D eigenvalue weighted by molar-refractivity contribution is 0.181. The van der Waals surface area contributed by atoms with Crippen LogP contribution in [0, 0.1) is 0 Å². The summed E-state index contributed by atoms with van der Waals surface area (Å²) in [6, 6.07) is 13.8. The predicted octanol–water partition coefficient (Wildman–Crippen LogP) is 4.52. The van der Waals surface area contributed by atoms with Gasteiger partial charge in [-0.25, -0.2) is 14.8 Å². The van der Waals surface area contributed by atoms with E-state index in [2.05, 4.69) is 38.1 Å². The average molecular weight is 413 g/mol. The van der Waals surface area contributed by atoms with E-state index < -0.39 is 0 Å². The average Bonchev–Trinajstić information content (AvgIpc) is 3.08. The number of ether oxygens (including phenoxy) is 1. The highest BCUT2D eigenvalue weighted by atomic mass is 79.9. The Hall–Kier alpha value is -2.67. The molecule has 0 radical (unpaired) electrons. The zero-order chi connectivity index (χ0) is 18.1. The number of nitrogens with one attached hydrogen (secondary N) is 1. The summed E-state index contributed by atoms with van der Waals surface area (Å²) in [6.45, 7) is 3.07. The van der Waals surface area contributed by atoms with Crippen LogP contribution in [-0.2, 0) is 4.74 Å². The van der Waals surface area contributed by atoms with Crippen LogP contribution in [0.1, 0.15) is 18.5 Å². The second-order valence-corrected chi connectivity index (χ2v) is 7.03. The molecule has 6 nitrogen and oxygen atoms in total. The Morgan fingerprint density at radius 3 is 2.92 bits per heavy atom. The van der Waals surface area contributed by atoms with Crippen molar-refractivity contribution < 1.29 is 9.53 Å². The minimum absolute atomic E-state index is 0.00524. The molecule has 0 spiro atoms. The highest BCUT2D eigenvalue weighted by molar-refractivity contribution is 9.10. The lowest BCUT2D eigenvalue weighted by Crippen LogP contribution is -2.23. The fourth-order valence-corrected chi connectivity index (χ4v) is 3.38. The highest BCUT2D eigenvalue weighted by Gasteiger charge is 2.24. The van der Waals surface area contributed by atoms with Gasteiger partial charge in [0.25, 0.3) is 0 Å². The molecule has 4 rings (SSSR count). The number of amides is 1. The fraction of sp³-hybridized carbons (Fsp3) is 0.211. The number of benzene rings is 2. The summed E-state index contributed by atoms with van der Waals surface area (Å²) < 4.78 is 6.00. The van der Waals surface area contributed by atoms with Crippen molar-refractivity contribution in [3.05, 3.63) is 58.8 Å². The summed E-state index contributed by atoms with van der Waals surface area (Å²) in [4.78, 5) is 22.1. The molecule has 1 saturated heterocycles. The molecule has 1 amide bonds. The topological polar surface area (TPSA) is 67.3 Å². The van der Waals surface area contributed by atoms with Gasteiger partial charge in [0.1, 0.15) is 18.8 Å². The van der Waals surface area contributed by atoms with E-state index in [1.165, 1.54) is 0 Å². The van der Waals surface area contributed by atoms with Crippen molar-refractivity contribution in [2.45, 2.75) is 13.0 Å². The number of cyclic esters (lactones) is 1. The summed E-state index contributed by atoms with van der Waals surface area (Å²) in [6.07, 6.45) is 1.26. The maximum absolute atomic E-state index is 11.8. The quantitative estimate of drug-likeness (QED) is 0.681. The zero-order valence-electron chi connectivity index (χ0n) is 14.1. The SMILES string of the molecule is CC(Nc1ncnc2ccc(Br)cc12)c1cccc(N2CCOC2=O)c1. The first-order valence-corrected chi connectivity index (χ1v) is 9.12. The molecular weight excluding hydrogens is 396 g/mol. The molecule has 26 heavy (non-hydrogen) atoms. The molecular formula is C19H17BrN4O2. The molecule has 1 aromatic heterocycles. The third-order valence-electron chi connectivity index (χ3n) is 4.39. The van der Waals surface area contributed by atoms with Crippen molar-refractivity contribution in [1.82, 2.24) is 9.97 Å². The second-order valence-electron chi connectivity index (χ2n) is 6.11. The maximum Gasteiger partial charge on any atom is 0.414 e. The summed E-state index contributed by atoms with van der Waals surface area (Å²) in [5.41, 5.74) is 2.78. The Labute approximate surface area is 159 Å². The first kappa shape index (κ1) is 16.8. The third kappa shape index (κ3) is 3.22. The van der Waals surface area contributed by atoms with E-state index in [-0.39, 0.29) is 12.1 Å². The van der Waals surface area contributed by atoms with Crippen molar-refractivity contribution in [3.63, 3.8) is 0 Å². The minimum Gasteiger partial charge on any atom is -0.447 e. The molecule has 1 unspecified atom stereocenters. The van der Waals surface area contributed by atoms with Crippen LogP contribution in [0.25, 0.3) is 10.9 Å². The van der Waals surface area contributed by atoms with Crippen LogP contribution in [0.2, 0.25) is 0 Å². The largest absolute Gasteiger partial charge is 0.447 e. The molecule has 0 bridgehead atoms. The van der Waals surface area contributed by atoms with Gasteiger partial charge in [0, 0.05) is 15.5 Å².